The van der Waals surface area contributed by atoms with Gasteiger partial charge in [-0.15, -0.1) is 0 Å². The molecule has 0 fully saturated rings. The van der Waals surface area contributed by atoms with Gasteiger partial charge >= 0.3 is 5.97 Å². The maximum atomic E-state index is 12.1. The van der Waals surface area contributed by atoms with E-state index in [1.165, 1.54) is 19.1 Å². The lowest BCUT2D eigenvalue weighted by Crippen LogP contribution is -2.30. The predicted molar refractivity (Wildman–Crippen MR) is 102 cm³/mol. The third-order valence-corrected chi connectivity index (χ3v) is 3.94. The summed E-state index contributed by atoms with van der Waals surface area (Å²) in [6.07, 6.45) is -0.958. The second kappa shape index (κ2) is 9.60. The average Bonchev–Trinajstić information content (AvgIpc) is 2.63. The molecule has 0 bridgehead atoms. The number of benzene rings is 2. The minimum Gasteiger partial charge on any atom is -0.493 e. The van der Waals surface area contributed by atoms with E-state index in [2.05, 4.69) is 5.32 Å². The maximum Gasteiger partial charge on any atom is 0.310 e. The Morgan fingerprint density at radius 3 is 2.56 bits per heavy atom. The quantitative estimate of drug-likeness (QED) is 0.730. The van der Waals surface area contributed by atoms with Crippen LogP contribution in [0.2, 0.25) is 5.02 Å². The third-order valence-electron chi connectivity index (χ3n) is 3.63. The zero-order valence-corrected chi connectivity index (χ0v) is 15.7. The summed E-state index contributed by atoms with van der Waals surface area (Å²) < 4.78 is 10.6. The van der Waals surface area contributed by atoms with Crippen LogP contribution in [0.15, 0.2) is 42.5 Å². The number of nitriles is 1. The van der Waals surface area contributed by atoms with Crippen LogP contribution in [-0.4, -0.2) is 24.6 Å². The number of carbonyl (C=O) groups excluding carboxylic acids is 2. The van der Waals surface area contributed by atoms with Crippen LogP contribution < -0.4 is 10.1 Å². The first-order valence-electron chi connectivity index (χ1n) is 8.28. The van der Waals surface area contributed by atoms with Crippen molar-refractivity contribution < 1.29 is 19.1 Å². The van der Waals surface area contributed by atoms with Crippen molar-refractivity contribution in [1.82, 2.24) is 0 Å². The number of anilines is 1. The summed E-state index contributed by atoms with van der Waals surface area (Å²) in [5.74, 6) is -0.372. The molecule has 0 saturated heterocycles. The van der Waals surface area contributed by atoms with E-state index in [4.69, 9.17) is 26.3 Å². The molecule has 7 heteroatoms. The summed E-state index contributed by atoms with van der Waals surface area (Å²) in [4.78, 5) is 24.0. The number of nitrogens with one attached hydrogen (secondary N) is 1. The van der Waals surface area contributed by atoms with Crippen molar-refractivity contribution in [3.8, 4) is 11.8 Å². The van der Waals surface area contributed by atoms with Gasteiger partial charge in [-0.3, -0.25) is 9.59 Å². The van der Waals surface area contributed by atoms with Crippen LogP contribution in [0.4, 0.5) is 5.69 Å². The fourth-order valence-corrected chi connectivity index (χ4v) is 2.35. The first-order valence-corrected chi connectivity index (χ1v) is 8.66. The van der Waals surface area contributed by atoms with E-state index in [1.807, 2.05) is 37.3 Å². The van der Waals surface area contributed by atoms with E-state index in [0.29, 0.717) is 17.0 Å². The number of amides is 1. The highest BCUT2D eigenvalue weighted by Gasteiger charge is 2.18. The van der Waals surface area contributed by atoms with Crippen LogP contribution >= 0.6 is 11.6 Å². The van der Waals surface area contributed by atoms with Gasteiger partial charge in [0.25, 0.3) is 5.91 Å². The van der Waals surface area contributed by atoms with Crippen molar-refractivity contribution in [2.24, 2.45) is 0 Å². The average molecular weight is 387 g/mol. The molecule has 27 heavy (non-hydrogen) atoms. The normalized spacial score (nSPS) is 11.2. The van der Waals surface area contributed by atoms with Gasteiger partial charge in [0, 0.05) is 5.69 Å². The molecule has 1 atom stereocenters. The molecule has 0 aliphatic heterocycles. The van der Waals surface area contributed by atoms with Gasteiger partial charge in [-0.05, 0) is 44.2 Å². The second-order valence-electron chi connectivity index (χ2n) is 5.84. The Morgan fingerprint density at radius 1 is 1.22 bits per heavy atom. The number of halogens is 1. The Bertz CT molecular complexity index is 859. The van der Waals surface area contributed by atoms with E-state index >= 15 is 0 Å². The monoisotopic (exact) mass is 386 g/mol. The molecule has 6 nitrogen and oxygen atoms in total. The largest absolute Gasteiger partial charge is 0.493 e. The molecule has 0 aliphatic rings. The Morgan fingerprint density at radius 2 is 1.93 bits per heavy atom. The van der Waals surface area contributed by atoms with E-state index in [9.17, 15) is 9.59 Å². The SMILES string of the molecule is Cc1ccc(OCCC(=O)O[C@@H](C)C(=O)Nc2ccc(C#N)c(Cl)c2)cc1. The molecule has 0 unspecified atom stereocenters. The van der Waals surface area contributed by atoms with Crippen molar-refractivity contribution in [2.45, 2.75) is 26.4 Å². The molecule has 0 saturated carbocycles. The first-order chi connectivity index (χ1) is 12.9. The highest BCUT2D eigenvalue weighted by atomic mass is 35.5. The molecule has 140 valence electrons. The minimum atomic E-state index is -0.980. The molecule has 0 aromatic heterocycles. The summed E-state index contributed by atoms with van der Waals surface area (Å²) in [5.41, 5.74) is 1.84. The topological polar surface area (TPSA) is 88.4 Å². The molecule has 2 aromatic carbocycles. The van der Waals surface area contributed by atoms with E-state index in [0.717, 1.165) is 5.56 Å². The number of ether oxygens (including phenoxy) is 2. The van der Waals surface area contributed by atoms with Crippen LogP contribution in [0, 0.1) is 18.3 Å². The molecule has 0 spiro atoms. The number of nitrogens with zero attached hydrogens (tertiary/aromatic N) is 1. The second-order valence-corrected chi connectivity index (χ2v) is 6.25. The number of hydrogen-bond acceptors (Lipinski definition) is 5. The zero-order valence-electron chi connectivity index (χ0n) is 15.0. The number of esters is 1. The highest BCUT2D eigenvalue weighted by Crippen LogP contribution is 2.20. The fraction of sp³-hybridized carbons (Fsp3) is 0.250. The van der Waals surface area contributed by atoms with Crippen molar-refractivity contribution in [3.63, 3.8) is 0 Å². The molecule has 1 N–H and O–H groups in total. The number of rotatable bonds is 7. The summed E-state index contributed by atoms with van der Waals surface area (Å²) >= 11 is 5.92. The number of aryl methyl sites for hydroxylation is 1. The van der Waals surface area contributed by atoms with Gasteiger partial charge in [0.15, 0.2) is 6.10 Å². The molecule has 1 amide bonds. The molecule has 2 rings (SSSR count). The Labute approximate surface area is 162 Å². The van der Waals surface area contributed by atoms with Gasteiger partial charge in [-0.25, -0.2) is 0 Å². The van der Waals surface area contributed by atoms with Crippen LogP contribution in [0.5, 0.6) is 5.75 Å². The zero-order chi connectivity index (χ0) is 19.8. The van der Waals surface area contributed by atoms with Gasteiger partial charge in [-0.1, -0.05) is 29.3 Å². The van der Waals surface area contributed by atoms with Gasteiger partial charge in [0.1, 0.15) is 11.8 Å². The molecule has 2 aromatic rings. The van der Waals surface area contributed by atoms with E-state index in [-0.39, 0.29) is 18.1 Å². The Kier molecular flexibility index (Phi) is 7.21. The highest BCUT2D eigenvalue weighted by molar-refractivity contribution is 6.32. The Hall–Kier alpha value is -3.04. The van der Waals surface area contributed by atoms with Gasteiger partial charge < -0.3 is 14.8 Å². The summed E-state index contributed by atoms with van der Waals surface area (Å²) in [7, 11) is 0. The smallest absolute Gasteiger partial charge is 0.310 e. The summed E-state index contributed by atoms with van der Waals surface area (Å²) in [6, 6.07) is 13.9. The maximum absolute atomic E-state index is 12.1. The lowest BCUT2D eigenvalue weighted by Gasteiger charge is -2.14. The van der Waals surface area contributed by atoms with Crippen molar-refractivity contribution in [1.29, 1.82) is 5.26 Å². The molecule has 0 aliphatic carbocycles. The number of hydrogen-bond donors (Lipinski definition) is 1. The van der Waals surface area contributed by atoms with Crippen LogP contribution in [-0.2, 0) is 14.3 Å². The number of carbonyl (C=O) groups is 2. The molecular weight excluding hydrogens is 368 g/mol. The molecular formula is C20H19ClN2O4. The van der Waals surface area contributed by atoms with Crippen molar-refractivity contribution in [3.05, 3.63) is 58.6 Å². The van der Waals surface area contributed by atoms with Crippen LogP contribution in [0.3, 0.4) is 0 Å². The van der Waals surface area contributed by atoms with E-state index < -0.39 is 18.0 Å². The first kappa shape index (κ1) is 20.3. The van der Waals surface area contributed by atoms with Crippen molar-refractivity contribution >= 4 is 29.2 Å². The third kappa shape index (κ3) is 6.32. The van der Waals surface area contributed by atoms with Gasteiger partial charge in [-0.2, -0.15) is 5.26 Å². The van der Waals surface area contributed by atoms with Crippen molar-refractivity contribution in [2.75, 3.05) is 11.9 Å². The predicted octanol–water partition coefficient (Wildman–Crippen LogP) is 3.86. The summed E-state index contributed by atoms with van der Waals surface area (Å²) in [6.45, 7) is 3.60. The standard InChI is InChI=1S/C20H19ClN2O4/c1-13-3-7-17(8-4-13)26-10-9-19(24)27-14(2)20(25)23-16-6-5-15(12-22)18(21)11-16/h3-8,11,14H,9-10H2,1-2H3,(H,23,25)/t14-/m0/s1. The lowest BCUT2D eigenvalue weighted by atomic mass is 10.2. The van der Waals surface area contributed by atoms with E-state index in [1.54, 1.807) is 6.07 Å². The van der Waals surface area contributed by atoms with Crippen LogP contribution in [0.1, 0.15) is 24.5 Å². The Balaban J connectivity index is 1.77. The van der Waals surface area contributed by atoms with Gasteiger partial charge in [0.05, 0.1) is 23.6 Å². The van der Waals surface area contributed by atoms with Crippen LogP contribution in [0.25, 0.3) is 0 Å². The van der Waals surface area contributed by atoms with Gasteiger partial charge in [0.2, 0.25) is 0 Å². The lowest BCUT2D eigenvalue weighted by molar-refractivity contribution is -0.153. The molecule has 0 heterocycles. The molecule has 0 radical (unpaired) electrons. The fourth-order valence-electron chi connectivity index (χ4n) is 2.12. The summed E-state index contributed by atoms with van der Waals surface area (Å²) in [5, 5.41) is 11.7. The minimum absolute atomic E-state index is 0.0220.